The zero-order chi connectivity index (χ0) is 15.4. The lowest BCUT2D eigenvalue weighted by Crippen LogP contribution is -2.31. The normalized spacial score (nSPS) is 10.2. The number of amides is 2. The molecule has 0 spiro atoms. The number of urea groups is 1. The quantitative estimate of drug-likeness (QED) is 0.802. The van der Waals surface area contributed by atoms with Crippen LogP contribution in [0.15, 0.2) is 30.6 Å². The molecule has 7 heteroatoms. The van der Waals surface area contributed by atoms with Crippen molar-refractivity contribution in [2.24, 2.45) is 0 Å². The van der Waals surface area contributed by atoms with Gasteiger partial charge in [0, 0.05) is 18.8 Å². The van der Waals surface area contributed by atoms with Crippen LogP contribution in [-0.4, -0.2) is 39.3 Å². The van der Waals surface area contributed by atoms with Gasteiger partial charge in [-0.05, 0) is 18.6 Å². The van der Waals surface area contributed by atoms with E-state index < -0.39 is 5.97 Å². The van der Waals surface area contributed by atoms with Crippen molar-refractivity contribution < 1.29 is 14.7 Å². The number of nitrogens with one attached hydrogen (secondary N) is 2. The van der Waals surface area contributed by atoms with Gasteiger partial charge in [-0.1, -0.05) is 12.1 Å². The van der Waals surface area contributed by atoms with E-state index in [2.05, 4.69) is 15.5 Å². The van der Waals surface area contributed by atoms with Crippen molar-refractivity contribution in [2.75, 3.05) is 12.4 Å². The van der Waals surface area contributed by atoms with E-state index in [1.165, 1.54) is 4.90 Å². The number of aromatic amines is 1. The highest BCUT2D eigenvalue weighted by Crippen LogP contribution is 2.20. The van der Waals surface area contributed by atoms with Crippen LogP contribution in [0.1, 0.15) is 21.5 Å². The number of carboxylic acid groups (broad SMARTS) is 1. The average Bonchev–Trinajstić information content (AvgIpc) is 2.91. The molecule has 1 heterocycles. The summed E-state index contributed by atoms with van der Waals surface area (Å²) in [4.78, 5) is 24.8. The number of carbonyl (C=O) groups is 2. The first-order valence-electron chi connectivity index (χ1n) is 6.31. The summed E-state index contributed by atoms with van der Waals surface area (Å²) >= 11 is 0. The van der Waals surface area contributed by atoms with Gasteiger partial charge >= 0.3 is 12.0 Å². The van der Waals surface area contributed by atoms with Crippen LogP contribution in [-0.2, 0) is 6.54 Å². The number of anilines is 1. The smallest absolute Gasteiger partial charge is 0.338 e. The minimum absolute atomic E-state index is 0.0996. The minimum atomic E-state index is -1.07. The Labute approximate surface area is 121 Å². The lowest BCUT2D eigenvalue weighted by Gasteiger charge is -2.18. The van der Waals surface area contributed by atoms with Gasteiger partial charge in [-0.25, -0.2) is 9.59 Å². The summed E-state index contributed by atoms with van der Waals surface area (Å²) in [6.07, 6.45) is 3.32. The van der Waals surface area contributed by atoms with Crippen LogP contribution in [0, 0.1) is 6.92 Å². The molecule has 0 aliphatic rings. The third-order valence-electron chi connectivity index (χ3n) is 3.05. The molecule has 0 aliphatic heterocycles. The molecular weight excluding hydrogens is 272 g/mol. The van der Waals surface area contributed by atoms with Crippen molar-refractivity contribution in [1.82, 2.24) is 15.1 Å². The maximum absolute atomic E-state index is 12.1. The van der Waals surface area contributed by atoms with Crippen molar-refractivity contribution >= 4 is 17.7 Å². The Morgan fingerprint density at radius 3 is 2.81 bits per heavy atom. The molecule has 2 amide bonds. The van der Waals surface area contributed by atoms with E-state index in [4.69, 9.17) is 0 Å². The standard InChI is InChI=1S/C14H16N4O3/c1-9-4-3-5-11(12(9)13(19)20)17-14(21)18(2)8-10-6-15-16-7-10/h3-7H,8H2,1-2H3,(H,15,16)(H,17,21)(H,19,20). The number of nitrogens with zero attached hydrogens (tertiary/aromatic N) is 2. The lowest BCUT2D eigenvalue weighted by atomic mass is 10.1. The second kappa shape index (κ2) is 6.08. The Morgan fingerprint density at radius 2 is 2.19 bits per heavy atom. The number of benzene rings is 1. The van der Waals surface area contributed by atoms with Crippen LogP contribution >= 0.6 is 0 Å². The molecular formula is C14H16N4O3. The summed E-state index contributed by atoms with van der Waals surface area (Å²) in [5, 5.41) is 18.3. The number of hydrogen-bond donors (Lipinski definition) is 3. The van der Waals surface area contributed by atoms with Crippen molar-refractivity contribution in [3.63, 3.8) is 0 Å². The SMILES string of the molecule is Cc1cccc(NC(=O)N(C)Cc2cn[nH]c2)c1C(=O)O. The fraction of sp³-hybridized carbons (Fsp3) is 0.214. The highest BCUT2D eigenvalue weighted by atomic mass is 16.4. The van der Waals surface area contributed by atoms with Crippen LogP contribution in [0.2, 0.25) is 0 Å². The van der Waals surface area contributed by atoms with E-state index in [-0.39, 0.29) is 17.3 Å². The number of rotatable bonds is 4. The predicted octanol–water partition coefficient (Wildman–Crippen LogP) is 2.08. The van der Waals surface area contributed by atoms with E-state index in [0.717, 1.165) is 5.56 Å². The first-order valence-corrected chi connectivity index (χ1v) is 6.31. The monoisotopic (exact) mass is 288 g/mol. The van der Waals surface area contributed by atoms with Crippen LogP contribution in [0.4, 0.5) is 10.5 Å². The van der Waals surface area contributed by atoms with Gasteiger partial charge < -0.3 is 15.3 Å². The Bertz CT molecular complexity index is 652. The van der Waals surface area contributed by atoms with E-state index in [9.17, 15) is 14.7 Å². The second-order valence-electron chi connectivity index (χ2n) is 4.70. The largest absolute Gasteiger partial charge is 0.478 e. The first kappa shape index (κ1) is 14.6. The summed E-state index contributed by atoms with van der Waals surface area (Å²) in [5.74, 6) is -1.07. The van der Waals surface area contributed by atoms with Gasteiger partial charge in [0.1, 0.15) is 0 Å². The van der Waals surface area contributed by atoms with Gasteiger partial charge in [-0.3, -0.25) is 5.10 Å². The van der Waals surface area contributed by atoms with E-state index >= 15 is 0 Å². The molecule has 21 heavy (non-hydrogen) atoms. The molecule has 3 N–H and O–H groups in total. The van der Waals surface area contributed by atoms with Crippen LogP contribution in [0.3, 0.4) is 0 Å². The number of aromatic nitrogens is 2. The Morgan fingerprint density at radius 1 is 1.43 bits per heavy atom. The fourth-order valence-electron chi connectivity index (χ4n) is 1.98. The number of carboxylic acids is 1. The van der Waals surface area contributed by atoms with Crippen LogP contribution in [0.25, 0.3) is 0 Å². The fourth-order valence-corrected chi connectivity index (χ4v) is 1.98. The van der Waals surface area contributed by atoms with Crippen molar-refractivity contribution in [3.8, 4) is 0 Å². The van der Waals surface area contributed by atoms with Gasteiger partial charge in [-0.15, -0.1) is 0 Å². The van der Waals surface area contributed by atoms with Gasteiger partial charge in [0.2, 0.25) is 0 Å². The maximum Gasteiger partial charge on any atom is 0.338 e. The van der Waals surface area contributed by atoms with E-state index in [1.807, 2.05) is 0 Å². The van der Waals surface area contributed by atoms with Crippen molar-refractivity contribution in [3.05, 3.63) is 47.3 Å². The summed E-state index contributed by atoms with van der Waals surface area (Å²) < 4.78 is 0. The molecule has 7 nitrogen and oxygen atoms in total. The summed E-state index contributed by atoms with van der Waals surface area (Å²) in [7, 11) is 1.62. The predicted molar refractivity (Wildman–Crippen MR) is 77.2 cm³/mol. The summed E-state index contributed by atoms with van der Waals surface area (Å²) in [6.45, 7) is 2.06. The molecule has 1 aromatic heterocycles. The number of carbonyl (C=O) groups excluding carboxylic acids is 1. The number of aromatic carboxylic acids is 1. The molecule has 0 atom stereocenters. The van der Waals surface area contributed by atoms with E-state index in [1.54, 1.807) is 44.6 Å². The zero-order valence-electron chi connectivity index (χ0n) is 11.8. The molecule has 0 aliphatic carbocycles. The molecule has 0 saturated carbocycles. The molecule has 0 saturated heterocycles. The maximum atomic E-state index is 12.1. The van der Waals surface area contributed by atoms with Gasteiger partial charge in [-0.2, -0.15) is 5.10 Å². The summed E-state index contributed by atoms with van der Waals surface area (Å²) in [6, 6.07) is 4.58. The summed E-state index contributed by atoms with van der Waals surface area (Å²) in [5.41, 5.74) is 1.84. The zero-order valence-corrected chi connectivity index (χ0v) is 11.8. The van der Waals surface area contributed by atoms with E-state index in [0.29, 0.717) is 12.1 Å². The second-order valence-corrected chi connectivity index (χ2v) is 4.70. The number of hydrogen-bond acceptors (Lipinski definition) is 3. The highest BCUT2D eigenvalue weighted by Gasteiger charge is 2.17. The third kappa shape index (κ3) is 3.38. The Balaban J connectivity index is 2.12. The molecule has 0 fully saturated rings. The van der Waals surface area contributed by atoms with Crippen molar-refractivity contribution in [1.29, 1.82) is 0 Å². The lowest BCUT2D eigenvalue weighted by molar-refractivity contribution is 0.0697. The number of H-pyrrole nitrogens is 1. The molecule has 110 valence electrons. The van der Waals surface area contributed by atoms with Crippen LogP contribution < -0.4 is 5.32 Å². The minimum Gasteiger partial charge on any atom is -0.478 e. The topological polar surface area (TPSA) is 98.3 Å². The first-order chi connectivity index (χ1) is 9.99. The van der Waals surface area contributed by atoms with Crippen molar-refractivity contribution in [2.45, 2.75) is 13.5 Å². The molecule has 0 unspecified atom stereocenters. The molecule has 0 radical (unpaired) electrons. The van der Waals surface area contributed by atoms with Gasteiger partial charge in [0.15, 0.2) is 0 Å². The molecule has 2 rings (SSSR count). The number of aryl methyl sites for hydroxylation is 1. The van der Waals surface area contributed by atoms with Gasteiger partial charge in [0.05, 0.1) is 24.0 Å². The molecule has 0 bridgehead atoms. The third-order valence-corrected chi connectivity index (χ3v) is 3.05. The van der Waals surface area contributed by atoms with Gasteiger partial charge in [0.25, 0.3) is 0 Å². The van der Waals surface area contributed by atoms with Crippen LogP contribution in [0.5, 0.6) is 0 Å². The molecule has 2 aromatic rings. The Kier molecular flexibility index (Phi) is 4.22. The molecule has 1 aromatic carbocycles. The highest BCUT2D eigenvalue weighted by molar-refractivity contribution is 6.01. The average molecular weight is 288 g/mol. The Hall–Kier alpha value is -2.83.